The van der Waals surface area contributed by atoms with Crippen LogP contribution in [-0.4, -0.2) is 24.8 Å². The zero-order chi connectivity index (χ0) is 12.4. The summed E-state index contributed by atoms with van der Waals surface area (Å²) in [6.45, 7) is 6.70. The maximum atomic E-state index is 4.51. The summed E-state index contributed by atoms with van der Waals surface area (Å²) in [4.78, 5) is 0. The average Bonchev–Trinajstić information content (AvgIpc) is 2.22. The third kappa shape index (κ3) is 7.72. The Kier molecular flexibility index (Phi) is 9.36. The van der Waals surface area contributed by atoms with Gasteiger partial charge in [-0.3, -0.25) is 0 Å². The number of hydrogen-bond acceptors (Lipinski definition) is 2. The van der Waals surface area contributed by atoms with E-state index in [0.717, 1.165) is 0 Å². The van der Waals surface area contributed by atoms with Gasteiger partial charge in [-0.15, -0.1) is 0 Å². The lowest BCUT2D eigenvalue weighted by molar-refractivity contribution is 0.426. The maximum absolute atomic E-state index is 4.51. The SMILES string of the molecule is CCCCCCCC(CC)/C(C)=N/N(C)C. The van der Waals surface area contributed by atoms with Crippen LogP contribution >= 0.6 is 0 Å². The standard InChI is InChI=1S/C14H30N2/c1-6-8-9-10-11-12-14(7-2)13(3)15-16(4)5/h14H,6-12H2,1-5H3/b15-13+. The molecule has 0 spiro atoms. The third-order valence-electron chi connectivity index (χ3n) is 3.10. The van der Waals surface area contributed by atoms with Crippen LogP contribution in [-0.2, 0) is 0 Å². The van der Waals surface area contributed by atoms with Crippen LogP contribution in [0.1, 0.15) is 65.7 Å². The number of hydrazone groups is 1. The predicted molar refractivity (Wildman–Crippen MR) is 74.0 cm³/mol. The third-order valence-corrected chi connectivity index (χ3v) is 3.10. The number of rotatable bonds is 9. The highest BCUT2D eigenvalue weighted by molar-refractivity contribution is 5.84. The van der Waals surface area contributed by atoms with Crippen molar-refractivity contribution in [1.29, 1.82) is 0 Å². The average molecular weight is 226 g/mol. The Morgan fingerprint density at radius 1 is 1.06 bits per heavy atom. The molecule has 0 aliphatic heterocycles. The highest BCUT2D eigenvalue weighted by Crippen LogP contribution is 2.16. The summed E-state index contributed by atoms with van der Waals surface area (Å²) in [5.41, 5.74) is 1.29. The zero-order valence-corrected chi connectivity index (χ0v) is 11.9. The van der Waals surface area contributed by atoms with E-state index in [0.29, 0.717) is 5.92 Å². The summed E-state index contributed by atoms with van der Waals surface area (Å²) in [5.74, 6) is 0.684. The molecule has 0 heterocycles. The van der Waals surface area contributed by atoms with Crippen molar-refractivity contribution in [2.24, 2.45) is 11.0 Å². The van der Waals surface area contributed by atoms with Crippen molar-refractivity contribution in [2.45, 2.75) is 65.7 Å². The second-order valence-electron chi connectivity index (χ2n) is 4.90. The minimum atomic E-state index is 0.684. The van der Waals surface area contributed by atoms with Gasteiger partial charge in [0.1, 0.15) is 0 Å². The lowest BCUT2D eigenvalue weighted by Gasteiger charge is -2.16. The molecule has 2 nitrogen and oxygen atoms in total. The molecule has 2 heteroatoms. The molecule has 0 saturated carbocycles. The van der Waals surface area contributed by atoms with Gasteiger partial charge in [0, 0.05) is 19.8 Å². The van der Waals surface area contributed by atoms with Crippen molar-refractivity contribution in [3.05, 3.63) is 0 Å². The van der Waals surface area contributed by atoms with Gasteiger partial charge in [-0.1, -0.05) is 46.0 Å². The Morgan fingerprint density at radius 2 is 1.69 bits per heavy atom. The van der Waals surface area contributed by atoms with Crippen molar-refractivity contribution < 1.29 is 0 Å². The Bertz CT molecular complexity index is 185. The number of unbranched alkanes of at least 4 members (excludes halogenated alkanes) is 4. The number of hydrogen-bond donors (Lipinski definition) is 0. The van der Waals surface area contributed by atoms with Crippen LogP contribution < -0.4 is 0 Å². The van der Waals surface area contributed by atoms with E-state index < -0.39 is 0 Å². The van der Waals surface area contributed by atoms with Crippen molar-refractivity contribution in [1.82, 2.24) is 5.01 Å². The molecule has 0 radical (unpaired) electrons. The van der Waals surface area contributed by atoms with Crippen LogP contribution in [0.3, 0.4) is 0 Å². The van der Waals surface area contributed by atoms with Gasteiger partial charge in [0.25, 0.3) is 0 Å². The molecule has 0 saturated heterocycles. The largest absolute Gasteiger partial charge is 0.303 e. The van der Waals surface area contributed by atoms with Gasteiger partial charge >= 0.3 is 0 Å². The Morgan fingerprint density at radius 3 is 2.19 bits per heavy atom. The quantitative estimate of drug-likeness (QED) is 0.325. The molecular weight excluding hydrogens is 196 g/mol. The van der Waals surface area contributed by atoms with E-state index in [2.05, 4.69) is 25.9 Å². The highest BCUT2D eigenvalue weighted by atomic mass is 15.4. The van der Waals surface area contributed by atoms with Crippen LogP contribution in [0, 0.1) is 5.92 Å². The van der Waals surface area contributed by atoms with E-state index >= 15 is 0 Å². The monoisotopic (exact) mass is 226 g/mol. The van der Waals surface area contributed by atoms with Crippen molar-refractivity contribution >= 4 is 5.71 Å². The Labute approximate surface area is 102 Å². The summed E-state index contributed by atoms with van der Waals surface area (Å²) in [6, 6.07) is 0. The first-order valence-corrected chi connectivity index (χ1v) is 6.84. The second kappa shape index (κ2) is 9.68. The fourth-order valence-corrected chi connectivity index (χ4v) is 2.10. The molecule has 0 aromatic heterocycles. The zero-order valence-electron chi connectivity index (χ0n) is 11.9. The van der Waals surface area contributed by atoms with Crippen LogP contribution in [0.25, 0.3) is 0 Å². The molecule has 0 aromatic carbocycles. The lowest BCUT2D eigenvalue weighted by Crippen LogP contribution is -2.15. The first kappa shape index (κ1) is 15.5. The van der Waals surface area contributed by atoms with Crippen LogP contribution in [0.4, 0.5) is 0 Å². The van der Waals surface area contributed by atoms with Crippen LogP contribution in [0.2, 0.25) is 0 Å². The highest BCUT2D eigenvalue weighted by Gasteiger charge is 2.09. The van der Waals surface area contributed by atoms with Gasteiger partial charge in [0.2, 0.25) is 0 Å². The van der Waals surface area contributed by atoms with Gasteiger partial charge in [-0.2, -0.15) is 5.10 Å². The molecule has 0 N–H and O–H groups in total. The minimum absolute atomic E-state index is 0.684. The number of nitrogens with zero attached hydrogens (tertiary/aromatic N) is 2. The molecule has 0 amide bonds. The topological polar surface area (TPSA) is 15.6 Å². The lowest BCUT2D eigenvalue weighted by atomic mass is 9.94. The molecule has 0 fully saturated rings. The molecule has 0 aliphatic rings. The van der Waals surface area contributed by atoms with Crippen LogP contribution in [0.5, 0.6) is 0 Å². The Hall–Kier alpha value is -0.530. The second-order valence-corrected chi connectivity index (χ2v) is 4.90. The fraction of sp³-hybridized carbons (Fsp3) is 0.929. The Balaban J connectivity index is 3.82. The smallest absolute Gasteiger partial charge is 0.0380 e. The molecule has 0 aliphatic carbocycles. The van der Waals surface area contributed by atoms with Crippen molar-refractivity contribution in [3.63, 3.8) is 0 Å². The minimum Gasteiger partial charge on any atom is -0.303 e. The normalized spacial score (nSPS) is 13.9. The van der Waals surface area contributed by atoms with Gasteiger partial charge in [-0.05, 0) is 25.7 Å². The molecule has 1 unspecified atom stereocenters. The summed E-state index contributed by atoms with van der Waals surface area (Å²) in [7, 11) is 3.99. The van der Waals surface area contributed by atoms with Crippen molar-refractivity contribution in [3.8, 4) is 0 Å². The van der Waals surface area contributed by atoms with Gasteiger partial charge < -0.3 is 5.01 Å². The van der Waals surface area contributed by atoms with E-state index in [1.807, 2.05) is 19.1 Å². The summed E-state index contributed by atoms with van der Waals surface area (Å²) >= 11 is 0. The summed E-state index contributed by atoms with van der Waals surface area (Å²) in [6.07, 6.45) is 9.40. The summed E-state index contributed by atoms with van der Waals surface area (Å²) in [5, 5.41) is 6.43. The van der Waals surface area contributed by atoms with Gasteiger partial charge in [0.15, 0.2) is 0 Å². The van der Waals surface area contributed by atoms with Gasteiger partial charge in [0.05, 0.1) is 0 Å². The molecule has 0 bridgehead atoms. The summed E-state index contributed by atoms with van der Waals surface area (Å²) < 4.78 is 0. The molecule has 0 rings (SSSR count). The van der Waals surface area contributed by atoms with E-state index in [1.54, 1.807) is 0 Å². The van der Waals surface area contributed by atoms with Crippen LogP contribution in [0.15, 0.2) is 5.10 Å². The molecule has 1 atom stereocenters. The van der Waals surface area contributed by atoms with E-state index in [4.69, 9.17) is 0 Å². The molecule has 96 valence electrons. The van der Waals surface area contributed by atoms with Gasteiger partial charge in [-0.25, -0.2) is 0 Å². The first-order chi connectivity index (χ1) is 7.61. The van der Waals surface area contributed by atoms with Crippen molar-refractivity contribution in [2.75, 3.05) is 14.1 Å². The molecule has 0 aromatic rings. The fourth-order valence-electron chi connectivity index (χ4n) is 2.10. The molecular formula is C14H30N2. The molecule has 16 heavy (non-hydrogen) atoms. The van der Waals surface area contributed by atoms with E-state index in [9.17, 15) is 0 Å². The maximum Gasteiger partial charge on any atom is 0.0380 e. The van der Waals surface area contributed by atoms with E-state index in [-0.39, 0.29) is 0 Å². The van der Waals surface area contributed by atoms with E-state index in [1.165, 1.54) is 50.7 Å². The first-order valence-electron chi connectivity index (χ1n) is 6.84. The predicted octanol–water partition coefficient (Wildman–Crippen LogP) is 4.31.